The molecule has 1 aliphatic heterocycles. The fourth-order valence-electron chi connectivity index (χ4n) is 4.80. The zero-order valence-corrected chi connectivity index (χ0v) is 24.9. The molecule has 0 unspecified atom stereocenters. The van der Waals surface area contributed by atoms with E-state index in [4.69, 9.17) is 26.1 Å². The summed E-state index contributed by atoms with van der Waals surface area (Å²) in [5.74, 6) is 0.0975. The monoisotopic (exact) mass is 612 g/mol. The Morgan fingerprint density at radius 3 is 2.50 bits per heavy atom. The van der Waals surface area contributed by atoms with Crippen LogP contribution in [-0.2, 0) is 16.1 Å². The number of thiophene rings is 1. The van der Waals surface area contributed by atoms with Gasteiger partial charge in [0.15, 0.2) is 4.80 Å². The number of esters is 1. The molecule has 0 bridgehead atoms. The van der Waals surface area contributed by atoms with Gasteiger partial charge in [0.1, 0.15) is 18.4 Å². The first kappa shape index (κ1) is 27.9. The molecule has 210 valence electrons. The van der Waals surface area contributed by atoms with Crippen LogP contribution in [0.1, 0.15) is 34.5 Å². The van der Waals surface area contributed by atoms with Crippen molar-refractivity contribution in [2.75, 3.05) is 6.61 Å². The summed E-state index contributed by atoms with van der Waals surface area (Å²) in [6, 6.07) is 27.8. The molecule has 1 atom stereocenters. The van der Waals surface area contributed by atoms with Gasteiger partial charge in [-0.3, -0.25) is 9.36 Å². The maximum atomic E-state index is 14.1. The van der Waals surface area contributed by atoms with Crippen molar-refractivity contribution in [3.63, 3.8) is 0 Å². The Hall–Kier alpha value is -4.24. The van der Waals surface area contributed by atoms with Crippen molar-refractivity contribution in [1.82, 2.24) is 4.57 Å². The molecule has 9 heteroatoms. The molecule has 0 saturated carbocycles. The molecular formula is C33H25ClN2O4S2. The number of hydrogen-bond acceptors (Lipinski definition) is 7. The molecule has 6 rings (SSSR count). The maximum Gasteiger partial charge on any atom is 0.338 e. The molecular weight excluding hydrogens is 588 g/mol. The normalized spacial score (nSPS) is 14.8. The number of aromatic nitrogens is 1. The largest absolute Gasteiger partial charge is 0.488 e. The Morgan fingerprint density at radius 2 is 1.79 bits per heavy atom. The lowest BCUT2D eigenvalue weighted by atomic mass is 9.97. The Labute approximate surface area is 255 Å². The van der Waals surface area contributed by atoms with Crippen molar-refractivity contribution in [1.29, 1.82) is 0 Å². The van der Waals surface area contributed by atoms with E-state index < -0.39 is 12.0 Å². The molecule has 0 N–H and O–H groups in total. The van der Waals surface area contributed by atoms with E-state index in [0.29, 0.717) is 43.5 Å². The molecule has 0 spiro atoms. The van der Waals surface area contributed by atoms with Gasteiger partial charge in [0, 0.05) is 21.0 Å². The standard InChI is InChI=1S/C33H25ClN2O4S2/c1-2-39-32(38)28-29(22-12-7-4-8-13-22)35-33-36(30(28)26-14-9-17-41-26)31(37)27(42-33)19-23-18-24(34)15-16-25(23)40-20-21-10-5-3-6-11-21/h3-19,30H,2,20H2,1H3/b27-19-/t30-/m0/s1. The number of benzene rings is 3. The highest BCUT2D eigenvalue weighted by Crippen LogP contribution is 2.37. The minimum atomic E-state index is -0.689. The van der Waals surface area contributed by atoms with Crippen LogP contribution in [-0.4, -0.2) is 17.1 Å². The number of fused-ring (bicyclic) bond motifs is 1. The molecule has 3 aromatic carbocycles. The summed E-state index contributed by atoms with van der Waals surface area (Å²) in [6.07, 6.45) is 1.78. The van der Waals surface area contributed by atoms with Gasteiger partial charge in [0.2, 0.25) is 0 Å². The van der Waals surface area contributed by atoms with Gasteiger partial charge in [0.25, 0.3) is 5.56 Å². The maximum absolute atomic E-state index is 14.1. The quantitative estimate of drug-likeness (QED) is 0.195. The molecule has 42 heavy (non-hydrogen) atoms. The van der Waals surface area contributed by atoms with E-state index in [0.717, 1.165) is 16.0 Å². The molecule has 1 aliphatic rings. The first-order valence-corrected chi connectivity index (χ1v) is 15.4. The molecule has 0 radical (unpaired) electrons. The second-order valence-electron chi connectivity index (χ2n) is 9.40. The topological polar surface area (TPSA) is 69.9 Å². The van der Waals surface area contributed by atoms with Crippen LogP contribution in [0.3, 0.4) is 0 Å². The van der Waals surface area contributed by atoms with Gasteiger partial charge in [-0.1, -0.05) is 89.7 Å². The van der Waals surface area contributed by atoms with Crippen molar-refractivity contribution in [2.45, 2.75) is 19.6 Å². The van der Waals surface area contributed by atoms with Gasteiger partial charge in [-0.25, -0.2) is 9.79 Å². The molecule has 0 saturated heterocycles. The van der Waals surface area contributed by atoms with Gasteiger partial charge >= 0.3 is 5.97 Å². The molecule has 0 fully saturated rings. The second-order valence-corrected chi connectivity index (χ2v) is 11.8. The van der Waals surface area contributed by atoms with Crippen molar-refractivity contribution in [3.8, 4) is 5.75 Å². The van der Waals surface area contributed by atoms with Crippen molar-refractivity contribution in [2.24, 2.45) is 4.99 Å². The van der Waals surface area contributed by atoms with Gasteiger partial charge in [-0.2, -0.15) is 0 Å². The number of halogens is 1. The highest BCUT2D eigenvalue weighted by atomic mass is 35.5. The zero-order valence-electron chi connectivity index (χ0n) is 22.5. The van der Waals surface area contributed by atoms with Crippen molar-refractivity contribution in [3.05, 3.63) is 148 Å². The number of rotatable bonds is 8. The minimum absolute atomic E-state index is 0.201. The SMILES string of the molecule is CCOC(=O)C1=C(c2ccccc2)N=c2s/c(=C\c3cc(Cl)ccc3OCc3ccccc3)c(=O)n2[C@H]1c1cccs1. The smallest absolute Gasteiger partial charge is 0.338 e. The fraction of sp³-hybridized carbons (Fsp3) is 0.121. The minimum Gasteiger partial charge on any atom is -0.488 e. The van der Waals surface area contributed by atoms with Crippen LogP contribution >= 0.6 is 34.3 Å². The number of hydrogen-bond donors (Lipinski definition) is 0. The van der Waals surface area contributed by atoms with Crippen LogP contribution in [0.5, 0.6) is 5.75 Å². The molecule has 6 nitrogen and oxygen atoms in total. The predicted molar refractivity (Wildman–Crippen MR) is 168 cm³/mol. The second kappa shape index (κ2) is 12.3. The molecule has 0 aliphatic carbocycles. The van der Waals surface area contributed by atoms with Crippen LogP contribution < -0.4 is 19.6 Å². The molecule has 2 aromatic heterocycles. The lowest BCUT2D eigenvalue weighted by Gasteiger charge is -2.24. The Kier molecular flexibility index (Phi) is 8.19. The first-order valence-electron chi connectivity index (χ1n) is 13.3. The molecule has 0 amide bonds. The summed E-state index contributed by atoms with van der Waals surface area (Å²) in [6.45, 7) is 2.33. The number of carbonyl (C=O) groups is 1. The summed E-state index contributed by atoms with van der Waals surface area (Å²) < 4.78 is 13.7. The van der Waals surface area contributed by atoms with Crippen LogP contribution in [0.25, 0.3) is 11.8 Å². The lowest BCUT2D eigenvalue weighted by Crippen LogP contribution is -2.39. The Bertz CT molecular complexity index is 1950. The van der Waals surface area contributed by atoms with E-state index in [-0.39, 0.29) is 12.2 Å². The van der Waals surface area contributed by atoms with E-state index in [1.807, 2.05) is 78.2 Å². The Morgan fingerprint density at radius 1 is 1.02 bits per heavy atom. The van der Waals surface area contributed by atoms with E-state index in [9.17, 15) is 9.59 Å². The summed E-state index contributed by atoms with van der Waals surface area (Å²) in [5.41, 5.74) is 3.03. The zero-order chi connectivity index (χ0) is 29.1. The third-order valence-electron chi connectivity index (χ3n) is 6.68. The third-order valence-corrected chi connectivity index (χ3v) is 8.82. The fourth-order valence-corrected chi connectivity index (χ4v) is 6.79. The van der Waals surface area contributed by atoms with Crippen LogP contribution in [0.4, 0.5) is 0 Å². The van der Waals surface area contributed by atoms with Gasteiger partial charge in [0.05, 0.1) is 22.4 Å². The van der Waals surface area contributed by atoms with Gasteiger partial charge in [-0.15, -0.1) is 11.3 Å². The summed E-state index contributed by atoms with van der Waals surface area (Å²) >= 11 is 9.11. The van der Waals surface area contributed by atoms with Gasteiger partial charge in [-0.05, 0) is 48.2 Å². The summed E-state index contributed by atoms with van der Waals surface area (Å²) in [7, 11) is 0. The van der Waals surface area contributed by atoms with E-state index in [1.165, 1.54) is 22.7 Å². The summed E-state index contributed by atoms with van der Waals surface area (Å²) in [4.78, 5) is 33.8. The predicted octanol–water partition coefficient (Wildman–Crippen LogP) is 6.23. The highest BCUT2D eigenvalue weighted by molar-refractivity contribution is 7.10. The lowest BCUT2D eigenvalue weighted by molar-refractivity contribution is -0.138. The van der Waals surface area contributed by atoms with E-state index in [1.54, 1.807) is 35.8 Å². The van der Waals surface area contributed by atoms with Gasteiger partial charge < -0.3 is 9.47 Å². The average molecular weight is 613 g/mol. The average Bonchev–Trinajstić information content (AvgIpc) is 3.65. The van der Waals surface area contributed by atoms with Crippen LogP contribution in [0, 0.1) is 0 Å². The molecule has 3 heterocycles. The van der Waals surface area contributed by atoms with Crippen LogP contribution in [0.2, 0.25) is 5.02 Å². The van der Waals surface area contributed by atoms with E-state index in [2.05, 4.69) is 0 Å². The van der Waals surface area contributed by atoms with E-state index >= 15 is 0 Å². The number of ether oxygens (including phenoxy) is 2. The number of nitrogens with zero attached hydrogens (tertiary/aromatic N) is 2. The van der Waals surface area contributed by atoms with Crippen molar-refractivity contribution < 1.29 is 14.3 Å². The number of thiazole rings is 1. The molecule has 5 aromatic rings. The Balaban J connectivity index is 1.53. The van der Waals surface area contributed by atoms with Crippen molar-refractivity contribution >= 4 is 52.0 Å². The summed E-state index contributed by atoms with van der Waals surface area (Å²) in [5, 5.41) is 2.45. The first-order chi connectivity index (χ1) is 20.5. The van der Waals surface area contributed by atoms with Crippen LogP contribution in [0.15, 0.2) is 112 Å². The third kappa shape index (κ3) is 5.61. The number of carbonyl (C=O) groups excluding carboxylic acids is 1. The highest BCUT2D eigenvalue weighted by Gasteiger charge is 2.35.